The Morgan fingerprint density at radius 2 is 0.885 bits per heavy atom. The van der Waals surface area contributed by atoms with Gasteiger partial charge in [0, 0.05) is 8.07 Å². The maximum atomic E-state index is 2.55. The Kier molecular flexibility index (Phi) is 4.49. The van der Waals surface area contributed by atoms with Gasteiger partial charge in [0.15, 0.2) is 8.07 Å². The normalized spacial score (nSPS) is 20.0. The second kappa shape index (κ2) is 6.68. The molecule has 2 heteroatoms. The summed E-state index contributed by atoms with van der Waals surface area (Å²) in [6.07, 6.45) is 1.40. The maximum Gasteiger partial charge on any atom is 0.151 e. The summed E-state index contributed by atoms with van der Waals surface area (Å²) >= 11 is 0. The van der Waals surface area contributed by atoms with Gasteiger partial charge in [0.25, 0.3) is 0 Å². The molecule has 0 nitrogen and oxygen atoms in total. The fourth-order valence-corrected chi connectivity index (χ4v) is 15.2. The van der Waals surface area contributed by atoms with Gasteiger partial charge in [-0.05, 0) is 26.6 Å². The van der Waals surface area contributed by atoms with Crippen LogP contribution in [0.15, 0.2) is 91.0 Å². The number of hydrogen-bond acceptors (Lipinski definition) is 0. The van der Waals surface area contributed by atoms with Crippen molar-refractivity contribution in [2.24, 2.45) is 0 Å². The topological polar surface area (TPSA) is 0 Å². The zero-order valence-electron chi connectivity index (χ0n) is 16.0. The molecule has 2 atom stereocenters. The molecule has 0 N–H and O–H groups in total. The van der Waals surface area contributed by atoms with Crippen LogP contribution in [0.5, 0.6) is 0 Å². The van der Waals surface area contributed by atoms with Crippen molar-refractivity contribution < 1.29 is 0 Å². The molecule has 0 aliphatic heterocycles. The van der Waals surface area contributed by atoms with Crippen molar-refractivity contribution in [1.29, 1.82) is 0 Å². The summed E-state index contributed by atoms with van der Waals surface area (Å²) in [4.78, 5) is 0. The molecule has 0 heterocycles. The van der Waals surface area contributed by atoms with Gasteiger partial charge in [-0.3, -0.25) is 0 Å². The lowest BCUT2D eigenvalue weighted by Crippen LogP contribution is -2.68. The predicted octanol–water partition coefficient (Wildman–Crippen LogP) is 4.64. The Labute approximate surface area is 159 Å². The van der Waals surface area contributed by atoms with E-state index < -0.39 is 16.1 Å². The standard InChI is InChI=1S/C24H28Si2/c1-25(2,3)23-19-24(23)26(20-13-7-4-8-14-20,21-15-9-5-10-16-21)22-17-11-6-12-18-22/h4-18,23-24H,19H2,1-3H3/t23-,24+/m0/s1. The third kappa shape index (κ3) is 2.91. The van der Waals surface area contributed by atoms with E-state index in [1.54, 1.807) is 15.6 Å². The highest BCUT2D eigenvalue weighted by molar-refractivity contribution is 7.13. The molecule has 4 rings (SSSR count). The zero-order chi connectivity index (χ0) is 18.2. The lowest BCUT2D eigenvalue weighted by Gasteiger charge is -2.36. The quantitative estimate of drug-likeness (QED) is 0.452. The summed E-state index contributed by atoms with van der Waals surface area (Å²) in [6, 6.07) is 34.2. The average Bonchev–Trinajstić information content (AvgIpc) is 3.47. The summed E-state index contributed by atoms with van der Waals surface area (Å²) in [7, 11) is -3.19. The Hall–Kier alpha value is -1.91. The molecule has 0 aromatic heterocycles. The predicted molar refractivity (Wildman–Crippen MR) is 119 cm³/mol. The van der Waals surface area contributed by atoms with Gasteiger partial charge < -0.3 is 0 Å². The summed E-state index contributed by atoms with van der Waals surface area (Å²) in [5, 5.41) is 4.72. The van der Waals surface area contributed by atoms with Crippen LogP contribution in [0.4, 0.5) is 0 Å². The highest BCUT2D eigenvalue weighted by atomic mass is 28.3. The first-order chi connectivity index (χ1) is 12.5. The second-order valence-electron chi connectivity index (χ2n) is 8.72. The molecule has 0 amide bonds. The molecule has 1 aliphatic rings. The van der Waals surface area contributed by atoms with Gasteiger partial charge in [-0.1, -0.05) is 117 Å². The van der Waals surface area contributed by atoms with Crippen LogP contribution in [0.25, 0.3) is 0 Å². The van der Waals surface area contributed by atoms with Crippen LogP contribution in [-0.4, -0.2) is 16.1 Å². The van der Waals surface area contributed by atoms with E-state index in [9.17, 15) is 0 Å². The molecule has 26 heavy (non-hydrogen) atoms. The molecule has 0 saturated heterocycles. The minimum atomic E-state index is -2.03. The smallest absolute Gasteiger partial charge is 0.0693 e. The van der Waals surface area contributed by atoms with Crippen LogP contribution in [0, 0.1) is 0 Å². The lowest BCUT2D eigenvalue weighted by molar-refractivity contribution is 1.30. The van der Waals surface area contributed by atoms with Crippen molar-refractivity contribution in [1.82, 2.24) is 0 Å². The minimum Gasteiger partial charge on any atom is -0.0693 e. The van der Waals surface area contributed by atoms with Gasteiger partial charge in [0.1, 0.15) is 0 Å². The fourth-order valence-electron chi connectivity index (χ4n) is 4.88. The molecule has 0 spiro atoms. The Morgan fingerprint density at radius 3 is 1.15 bits per heavy atom. The maximum absolute atomic E-state index is 2.55. The molecule has 0 radical (unpaired) electrons. The molecule has 1 aliphatic carbocycles. The van der Waals surface area contributed by atoms with E-state index in [0.717, 1.165) is 11.1 Å². The van der Waals surface area contributed by atoms with Gasteiger partial charge in [0.2, 0.25) is 0 Å². The highest BCUT2D eigenvalue weighted by Crippen LogP contribution is 2.61. The Balaban J connectivity index is 1.99. The molecule has 3 aromatic carbocycles. The van der Waals surface area contributed by atoms with Crippen LogP contribution < -0.4 is 15.6 Å². The van der Waals surface area contributed by atoms with Crippen LogP contribution in [0.1, 0.15) is 6.42 Å². The minimum absolute atomic E-state index is 0.821. The van der Waals surface area contributed by atoms with Crippen LogP contribution in [0.3, 0.4) is 0 Å². The van der Waals surface area contributed by atoms with E-state index in [4.69, 9.17) is 0 Å². The molecule has 0 bridgehead atoms. The van der Waals surface area contributed by atoms with Crippen molar-refractivity contribution in [3.63, 3.8) is 0 Å². The van der Waals surface area contributed by atoms with Gasteiger partial charge >= 0.3 is 0 Å². The van der Waals surface area contributed by atoms with E-state index in [1.165, 1.54) is 6.42 Å². The summed E-state index contributed by atoms with van der Waals surface area (Å²) in [6.45, 7) is 7.66. The highest BCUT2D eigenvalue weighted by Gasteiger charge is 2.60. The van der Waals surface area contributed by atoms with Crippen molar-refractivity contribution in [3.8, 4) is 0 Å². The number of hydrogen-bond donors (Lipinski definition) is 0. The van der Waals surface area contributed by atoms with Gasteiger partial charge in [0.05, 0.1) is 0 Å². The lowest BCUT2D eigenvalue weighted by atomic mass is 10.3. The number of rotatable bonds is 5. The molecular weight excluding hydrogens is 344 g/mol. The molecular formula is C24H28Si2. The Bertz CT molecular complexity index is 754. The summed E-state index contributed by atoms with van der Waals surface area (Å²) in [5.74, 6) is 0. The SMILES string of the molecule is C[Si](C)(C)[C@H]1C[C@H]1[Si](c1ccccc1)(c1ccccc1)c1ccccc1. The largest absolute Gasteiger partial charge is 0.151 e. The third-order valence-corrected chi connectivity index (χ3v) is 14.8. The first-order valence-electron chi connectivity index (χ1n) is 9.71. The van der Waals surface area contributed by atoms with E-state index in [1.807, 2.05) is 0 Å². The molecule has 0 unspecified atom stereocenters. The summed E-state index contributed by atoms with van der Waals surface area (Å²) < 4.78 is 0. The number of benzene rings is 3. The molecule has 1 fully saturated rings. The van der Waals surface area contributed by atoms with Gasteiger partial charge in [-0.15, -0.1) is 0 Å². The van der Waals surface area contributed by atoms with Crippen molar-refractivity contribution in [3.05, 3.63) is 91.0 Å². The van der Waals surface area contributed by atoms with E-state index in [2.05, 4.69) is 111 Å². The second-order valence-corrected chi connectivity index (χ2v) is 18.3. The van der Waals surface area contributed by atoms with E-state index in [0.29, 0.717) is 0 Å². The van der Waals surface area contributed by atoms with E-state index >= 15 is 0 Å². The third-order valence-electron chi connectivity index (χ3n) is 6.15. The summed E-state index contributed by atoms with van der Waals surface area (Å²) in [5.41, 5.74) is 1.75. The van der Waals surface area contributed by atoms with Gasteiger partial charge in [-0.2, -0.15) is 0 Å². The molecule has 3 aromatic rings. The fraction of sp³-hybridized carbons (Fsp3) is 0.250. The molecule has 132 valence electrons. The zero-order valence-corrected chi connectivity index (χ0v) is 18.0. The van der Waals surface area contributed by atoms with E-state index in [-0.39, 0.29) is 0 Å². The Morgan fingerprint density at radius 1 is 0.538 bits per heavy atom. The first kappa shape index (κ1) is 17.5. The monoisotopic (exact) mass is 372 g/mol. The molecule has 1 saturated carbocycles. The van der Waals surface area contributed by atoms with Crippen molar-refractivity contribution in [2.75, 3.05) is 0 Å². The van der Waals surface area contributed by atoms with Crippen LogP contribution >= 0.6 is 0 Å². The van der Waals surface area contributed by atoms with Crippen molar-refractivity contribution >= 4 is 31.7 Å². The average molecular weight is 373 g/mol. The van der Waals surface area contributed by atoms with Gasteiger partial charge in [-0.25, -0.2) is 0 Å². The van der Waals surface area contributed by atoms with Crippen LogP contribution in [0.2, 0.25) is 30.7 Å². The van der Waals surface area contributed by atoms with Crippen molar-refractivity contribution in [2.45, 2.75) is 37.1 Å². The van der Waals surface area contributed by atoms with Crippen LogP contribution in [-0.2, 0) is 0 Å². The first-order valence-corrected chi connectivity index (χ1v) is 15.4.